The van der Waals surface area contributed by atoms with Crippen LogP contribution in [-0.2, 0) is 28.7 Å². The van der Waals surface area contributed by atoms with Gasteiger partial charge in [0.1, 0.15) is 11.0 Å². The molecule has 7 nitrogen and oxygen atoms in total. The molecule has 3 aliphatic rings. The highest BCUT2D eigenvalue weighted by atomic mass is 16.6. The molecule has 1 heterocycles. The smallest absolute Gasteiger partial charge is 0.331 e. The van der Waals surface area contributed by atoms with Crippen molar-refractivity contribution in [3.8, 4) is 0 Å². The predicted octanol–water partition coefficient (Wildman–Crippen LogP) is 2.72. The Labute approximate surface area is 188 Å². The summed E-state index contributed by atoms with van der Waals surface area (Å²) >= 11 is 0. The van der Waals surface area contributed by atoms with Crippen LogP contribution in [0.15, 0.2) is 48.6 Å². The van der Waals surface area contributed by atoms with Crippen molar-refractivity contribution in [2.24, 2.45) is 10.8 Å². The van der Waals surface area contributed by atoms with E-state index in [0.717, 1.165) is 0 Å². The van der Waals surface area contributed by atoms with Crippen LogP contribution in [-0.4, -0.2) is 58.7 Å². The molecular weight excluding hydrogens is 410 g/mol. The maximum atomic E-state index is 13.9. The normalized spacial score (nSPS) is 22.3. The van der Waals surface area contributed by atoms with Crippen molar-refractivity contribution < 1.29 is 28.7 Å². The summed E-state index contributed by atoms with van der Waals surface area (Å²) in [4.78, 5) is 52.2. The summed E-state index contributed by atoms with van der Waals surface area (Å²) in [5, 5.41) is 0. The standard InChI is InChI=1S/C25H31NO6/c1-22(2,3)31-15-19(20(29)32-23(4,5)6)26-16-24(11-7-17(27)8-12-24)25(21(26)30)13-9-18(28)10-14-25/h7-14,19H,15-16H2,1-6H3. The second kappa shape index (κ2) is 7.96. The lowest BCUT2D eigenvalue weighted by Crippen LogP contribution is -2.50. The number of rotatable bonds is 4. The zero-order valence-electron chi connectivity index (χ0n) is 19.5. The highest BCUT2D eigenvalue weighted by Crippen LogP contribution is 2.54. The summed E-state index contributed by atoms with van der Waals surface area (Å²) in [6.45, 7) is 11.0. The molecule has 1 amide bonds. The lowest BCUT2D eigenvalue weighted by Gasteiger charge is -2.36. The second-order valence-corrected chi connectivity index (χ2v) is 10.5. The number of ether oxygens (including phenoxy) is 2. The molecule has 0 bridgehead atoms. The minimum absolute atomic E-state index is 0.0466. The first-order chi connectivity index (χ1) is 14.7. The third-order valence-electron chi connectivity index (χ3n) is 5.66. The van der Waals surface area contributed by atoms with Gasteiger partial charge in [-0.05, 0) is 65.8 Å². The molecular formula is C25H31NO6. The van der Waals surface area contributed by atoms with E-state index >= 15 is 0 Å². The molecule has 1 saturated heterocycles. The molecule has 2 spiro atoms. The van der Waals surface area contributed by atoms with Gasteiger partial charge in [0.25, 0.3) is 0 Å². The number of carbonyl (C=O) groups excluding carboxylic acids is 4. The fourth-order valence-electron chi connectivity index (χ4n) is 4.10. The molecule has 7 heteroatoms. The largest absolute Gasteiger partial charge is 0.458 e. The maximum Gasteiger partial charge on any atom is 0.331 e. The Balaban J connectivity index is 2.05. The fraction of sp³-hybridized carbons (Fsp3) is 0.520. The number of likely N-dealkylation sites (tertiary alicyclic amines) is 1. The summed E-state index contributed by atoms with van der Waals surface area (Å²) < 4.78 is 11.5. The first kappa shape index (κ1) is 23.9. The van der Waals surface area contributed by atoms with Gasteiger partial charge in [-0.25, -0.2) is 4.79 Å². The van der Waals surface area contributed by atoms with Gasteiger partial charge in [-0.3, -0.25) is 14.4 Å². The number of fused-ring (bicyclic) bond motifs is 1. The van der Waals surface area contributed by atoms with Gasteiger partial charge in [-0.15, -0.1) is 0 Å². The maximum absolute atomic E-state index is 13.9. The van der Waals surface area contributed by atoms with E-state index in [-0.39, 0.29) is 30.6 Å². The summed E-state index contributed by atoms with van der Waals surface area (Å²) in [6, 6.07) is -0.990. The predicted molar refractivity (Wildman–Crippen MR) is 118 cm³/mol. The van der Waals surface area contributed by atoms with Crippen LogP contribution >= 0.6 is 0 Å². The van der Waals surface area contributed by atoms with Crippen molar-refractivity contribution >= 4 is 23.4 Å². The van der Waals surface area contributed by atoms with Crippen LogP contribution in [0, 0.1) is 10.8 Å². The van der Waals surface area contributed by atoms with E-state index in [2.05, 4.69) is 0 Å². The van der Waals surface area contributed by atoms with Gasteiger partial charge in [0.2, 0.25) is 5.91 Å². The Hall–Kier alpha value is -2.80. The molecule has 0 aromatic carbocycles. The quantitative estimate of drug-likeness (QED) is 0.623. The van der Waals surface area contributed by atoms with E-state index in [1.165, 1.54) is 29.2 Å². The third-order valence-corrected chi connectivity index (χ3v) is 5.66. The van der Waals surface area contributed by atoms with Gasteiger partial charge in [0, 0.05) is 12.0 Å². The van der Waals surface area contributed by atoms with Crippen LogP contribution in [0.1, 0.15) is 41.5 Å². The van der Waals surface area contributed by atoms with E-state index in [0.29, 0.717) is 0 Å². The van der Waals surface area contributed by atoms with Gasteiger partial charge < -0.3 is 14.4 Å². The van der Waals surface area contributed by atoms with Gasteiger partial charge in [0.15, 0.2) is 17.6 Å². The molecule has 1 fully saturated rings. The molecule has 0 N–H and O–H groups in total. The van der Waals surface area contributed by atoms with Crippen molar-refractivity contribution in [1.82, 2.24) is 4.90 Å². The van der Waals surface area contributed by atoms with Gasteiger partial charge in [0.05, 0.1) is 12.2 Å². The highest BCUT2D eigenvalue weighted by Gasteiger charge is 2.62. The second-order valence-electron chi connectivity index (χ2n) is 10.5. The van der Waals surface area contributed by atoms with Crippen LogP contribution in [0.5, 0.6) is 0 Å². The fourth-order valence-corrected chi connectivity index (χ4v) is 4.10. The summed E-state index contributed by atoms with van der Waals surface area (Å²) in [5.41, 5.74) is -3.43. The molecule has 0 radical (unpaired) electrons. The van der Waals surface area contributed by atoms with Crippen LogP contribution in [0.2, 0.25) is 0 Å². The highest BCUT2D eigenvalue weighted by molar-refractivity contribution is 6.06. The number of carbonyl (C=O) groups is 4. The Kier molecular flexibility index (Phi) is 5.93. The minimum atomic E-state index is -1.23. The Morgan fingerprint density at radius 2 is 1.41 bits per heavy atom. The average Bonchev–Trinajstić information content (AvgIpc) is 2.87. The first-order valence-corrected chi connectivity index (χ1v) is 10.7. The van der Waals surface area contributed by atoms with Crippen molar-refractivity contribution in [3.05, 3.63) is 48.6 Å². The van der Waals surface area contributed by atoms with E-state index in [4.69, 9.17) is 9.47 Å². The van der Waals surface area contributed by atoms with Gasteiger partial charge >= 0.3 is 5.97 Å². The molecule has 0 saturated carbocycles. The molecule has 32 heavy (non-hydrogen) atoms. The van der Waals surface area contributed by atoms with Crippen molar-refractivity contribution in [1.29, 1.82) is 0 Å². The molecule has 1 unspecified atom stereocenters. The van der Waals surface area contributed by atoms with Gasteiger partial charge in [-0.1, -0.05) is 24.3 Å². The third kappa shape index (κ3) is 4.53. The van der Waals surface area contributed by atoms with Crippen LogP contribution in [0.25, 0.3) is 0 Å². The number of amides is 1. The topological polar surface area (TPSA) is 90.0 Å². The molecule has 1 aliphatic heterocycles. The van der Waals surface area contributed by atoms with E-state index in [1.54, 1.807) is 45.1 Å². The number of allylic oxidation sites excluding steroid dienone is 4. The van der Waals surface area contributed by atoms with Crippen LogP contribution in [0.3, 0.4) is 0 Å². The van der Waals surface area contributed by atoms with Crippen molar-refractivity contribution in [2.45, 2.75) is 58.8 Å². The number of hydrogen-bond donors (Lipinski definition) is 0. The van der Waals surface area contributed by atoms with Crippen molar-refractivity contribution in [3.63, 3.8) is 0 Å². The molecule has 0 aromatic heterocycles. The number of hydrogen-bond acceptors (Lipinski definition) is 6. The lowest BCUT2D eigenvalue weighted by atomic mass is 9.62. The monoisotopic (exact) mass is 441 g/mol. The zero-order valence-corrected chi connectivity index (χ0v) is 19.5. The molecule has 172 valence electrons. The lowest BCUT2D eigenvalue weighted by molar-refractivity contribution is -0.169. The number of ketones is 2. The Morgan fingerprint density at radius 1 is 0.906 bits per heavy atom. The van der Waals surface area contributed by atoms with Crippen molar-refractivity contribution in [2.75, 3.05) is 13.2 Å². The minimum Gasteiger partial charge on any atom is -0.458 e. The summed E-state index contributed by atoms with van der Waals surface area (Å²) in [6.07, 6.45) is 12.1. The first-order valence-electron chi connectivity index (χ1n) is 10.7. The van der Waals surface area contributed by atoms with E-state index < -0.39 is 34.0 Å². The Morgan fingerprint density at radius 3 is 1.88 bits per heavy atom. The summed E-state index contributed by atoms with van der Waals surface area (Å²) in [5.74, 6) is -1.33. The molecule has 1 atom stereocenters. The number of esters is 1. The van der Waals surface area contributed by atoms with E-state index in [9.17, 15) is 19.2 Å². The summed E-state index contributed by atoms with van der Waals surface area (Å²) in [7, 11) is 0. The molecule has 2 aliphatic carbocycles. The molecule has 0 aromatic rings. The van der Waals surface area contributed by atoms with Gasteiger partial charge in [-0.2, -0.15) is 0 Å². The molecule has 3 rings (SSSR count). The average molecular weight is 442 g/mol. The Bertz CT molecular complexity index is 922. The number of nitrogens with zero attached hydrogens (tertiary/aromatic N) is 1. The van der Waals surface area contributed by atoms with Crippen LogP contribution in [0.4, 0.5) is 0 Å². The SMILES string of the molecule is CC(C)(C)OCC(C(=O)OC(C)(C)C)N1CC2(C=CC(=O)C=C2)C2(C=CC(=O)C=C2)C1=O. The van der Waals surface area contributed by atoms with Crippen LogP contribution < -0.4 is 0 Å². The van der Waals surface area contributed by atoms with E-state index in [1.807, 2.05) is 20.8 Å². The zero-order chi connectivity index (χ0) is 23.9.